The molecular formula is C8H11NO3. The molecule has 0 aliphatic carbocycles. The molecule has 0 atom stereocenters. The van der Waals surface area contributed by atoms with Crippen LogP contribution in [-0.4, -0.2) is 28.5 Å². The average Bonchev–Trinajstić information content (AvgIpc) is 2.07. The van der Waals surface area contributed by atoms with Crippen molar-refractivity contribution < 1.29 is 15.3 Å². The predicted octanol–water partition coefficient (Wildman–Crippen LogP) is 0.502. The van der Waals surface area contributed by atoms with Gasteiger partial charge in [0.2, 0.25) is 0 Å². The van der Waals surface area contributed by atoms with Crippen LogP contribution in [-0.2, 0) is 0 Å². The summed E-state index contributed by atoms with van der Waals surface area (Å²) in [5, 5.41) is 29.5. The summed E-state index contributed by atoms with van der Waals surface area (Å²) in [6.45, 7) is 0.326. The molecule has 4 nitrogen and oxygen atoms in total. The number of nitrogens with one attached hydrogen (secondary N) is 1. The lowest BCUT2D eigenvalue weighted by molar-refractivity contribution is 0.311. The lowest BCUT2D eigenvalue weighted by Gasteiger charge is -2.06. The van der Waals surface area contributed by atoms with Gasteiger partial charge in [-0.2, -0.15) is 0 Å². The van der Waals surface area contributed by atoms with E-state index in [0.717, 1.165) is 0 Å². The highest BCUT2D eigenvalue weighted by atomic mass is 16.3. The van der Waals surface area contributed by atoms with E-state index in [-0.39, 0.29) is 18.1 Å². The van der Waals surface area contributed by atoms with Crippen molar-refractivity contribution in [1.82, 2.24) is 0 Å². The highest BCUT2D eigenvalue weighted by Gasteiger charge is 1.99. The van der Waals surface area contributed by atoms with Crippen LogP contribution in [0.4, 0.5) is 5.69 Å². The Hall–Kier alpha value is -1.42. The van der Waals surface area contributed by atoms with E-state index < -0.39 is 0 Å². The summed E-state index contributed by atoms with van der Waals surface area (Å²) in [5.41, 5.74) is 0.420. The Kier molecular flexibility index (Phi) is 2.76. The molecule has 0 fully saturated rings. The number of hydrogen-bond acceptors (Lipinski definition) is 4. The van der Waals surface area contributed by atoms with Gasteiger partial charge in [-0.15, -0.1) is 0 Å². The van der Waals surface area contributed by atoms with Gasteiger partial charge < -0.3 is 20.6 Å². The van der Waals surface area contributed by atoms with Gasteiger partial charge in [-0.1, -0.05) is 0 Å². The minimum Gasteiger partial charge on any atom is -0.508 e. The number of phenolic OH excluding ortho intramolecular Hbond substituents is 2. The number of rotatable bonds is 3. The molecule has 0 aliphatic heterocycles. The van der Waals surface area contributed by atoms with E-state index in [0.29, 0.717) is 12.2 Å². The molecule has 1 rings (SSSR count). The van der Waals surface area contributed by atoms with E-state index >= 15 is 0 Å². The quantitative estimate of drug-likeness (QED) is 0.393. The van der Waals surface area contributed by atoms with E-state index in [4.69, 9.17) is 10.2 Å². The van der Waals surface area contributed by atoms with Crippen molar-refractivity contribution in [3.63, 3.8) is 0 Å². The number of aliphatic hydroxyl groups excluding tert-OH is 1. The van der Waals surface area contributed by atoms with Crippen LogP contribution in [0.3, 0.4) is 0 Å². The zero-order chi connectivity index (χ0) is 8.97. The third kappa shape index (κ3) is 2.03. The van der Waals surface area contributed by atoms with Crippen molar-refractivity contribution in [1.29, 1.82) is 0 Å². The molecule has 0 heterocycles. The molecule has 0 saturated carbocycles. The number of anilines is 1. The first-order valence-electron chi connectivity index (χ1n) is 3.61. The van der Waals surface area contributed by atoms with Crippen molar-refractivity contribution in [3.05, 3.63) is 18.2 Å². The molecular weight excluding hydrogens is 158 g/mol. The molecule has 4 heteroatoms. The standard InChI is InChI=1S/C8H11NO3/c10-4-3-9-7-5-6(11)1-2-8(7)12/h1-2,5,9-12H,3-4H2. The molecule has 0 radical (unpaired) electrons. The topological polar surface area (TPSA) is 72.7 Å². The van der Waals surface area contributed by atoms with Crippen molar-refractivity contribution in [2.75, 3.05) is 18.5 Å². The van der Waals surface area contributed by atoms with Crippen molar-refractivity contribution in [3.8, 4) is 11.5 Å². The monoisotopic (exact) mass is 169 g/mol. The van der Waals surface area contributed by atoms with Crippen LogP contribution >= 0.6 is 0 Å². The number of aliphatic hydroxyl groups is 1. The van der Waals surface area contributed by atoms with Crippen LogP contribution in [0.15, 0.2) is 18.2 Å². The third-order valence-electron chi connectivity index (χ3n) is 1.41. The molecule has 1 aromatic carbocycles. The molecule has 0 spiro atoms. The second-order valence-corrected chi connectivity index (χ2v) is 2.35. The summed E-state index contributed by atoms with van der Waals surface area (Å²) < 4.78 is 0. The SMILES string of the molecule is OCCNc1cc(O)ccc1O. The highest BCUT2D eigenvalue weighted by molar-refractivity contribution is 5.58. The first-order chi connectivity index (χ1) is 5.74. The summed E-state index contributed by atoms with van der Waals surface area (Å²) in [4.78, 5) is 0. The fourth-order valence-corrected chi connectivity index (χ4v) is 0.856. The Morgan fingerprint density at radius 1 is 1.25 bits per heavy atom. The average molecular weight is 169 g/mol. The summed E-state index contributed by atoms with van der Waals surface area (Å²) in [6, 6.07) is 4.17. The molecule has 0 amide bonds. The van der Waals surface area contributed by atoms with Crippen LogP contribution in [0.5, 0.6) is 11.5 Å². The minimum atomic E-state index is -0.0188. The van der Waals surface area contributed by atoms with E-state index in [1.54, 1.807) is 0 Å². The minimum absolute atomic E-state index is 0.0188. The molecule has 0 unspecified atom stereocenters. The van der Waals surface area contributed by atoms with Gasteiger partial charge in [0.15, 0.2) is 0 Å². The predicted molar refractivity (Wildman–Crippen MR) is 45.3 cm³/mol. The van der Waals surface area contributed by atoms with Crippen molar-refractivity contribution in [2.24, 2.45) is 0 Å². The molecule has 0 bridgehead atoms. The maximum absolute atomic E-state index is 9.21. The van der Waals surface area contributed by atoms with Gasteiger partial charge in [-0.3, -0.25) is 0 Å². The Morgan fingerprint density at radius 3 is 2.67 bits per heavy atom. The van der Waals surface area contributed by atoms with E-state index in [2.05, 4.69) is 5.32 Å². The van der Waals surface area contributed by atoms with Gasteiger partial charge in [-0.05, 0) is 12.1 Å². The van der Waals surface area contributed by atoms with Gasteiger partial charge in [0.1, 0.15) is 11.5 Å². The second kappa shape index (κ2) is 3.82. The summed E-state index contributed by atoms with van der Waals surface area (Å²) in [5.74, 6) is 0.134. The number of hydrogen-bond donors (Lipinski definition) is 4. The Labute approximate surface area is 70.1 Å². The molecule has 66 valence electrons. The van der Waals surface area contributed by atoms with Crippen LogP contribution in [0.25, 0.3) is 0 Å². The smallest absolute Gasteiger partial charge is 0.138 e. The van der Waals surface area contributed by atoms with Crippen LogP contribution < -0.4 is 5.32 Å². The zero-order valence-corrected chi connectivity index (χ0v) is 6.49. The van der Waals surface area contributed by atoms with E-state index in [1.807, 2.05) is 0 Å². The molecule has 0 aromatic heterocycles. The lowest BCUT2D eigenvalue weighted by Crippen LogP contribution is -2.05. The van der Waals surface area contributed by atoms with Crippen molar-refractivity contribution in [2.45, 2.75) is 0 Å². The third-order valence-corrected chi connectivity index (χ3v) is 1.41. The first-order valence-corrected chi connectivity index (χ1v) is 3.61. The largest absolute Gasteiger partial charge is 0.508 e. The molecule has 1 aromatic rings. The summed E-state index contributed by atoms with van der Waals surface area (Å²) in [7, 11) is 0. The fraction of sp³-hybridized carbons (Fsp3) is 0.250. The second-order valence-electron chi connectivity index (χ2n) is 2.35. The molecule has 0 aliphatic rings. The molecule has 0 saturated heterocycles. The number of aromatic hydroxyl groups is 2. The maximum atomic E-state index is 9.21. The zero-order valence-electron chi connectivity index (χ0n) is 6.49. The fourth-order valence-electron chi connectivity index (χ4n) is 0.856. The van der Waals surface area contributed by atoms with Crippen molar-refractivity contribution >= 4 is 5.69 Å². The summed E-state index contributed by atoms with van der Waals surface area (Å²) >= 11 is 0. The lowest BCUT2D eigenvalue weighted by atomic mass is 10.3. The van der Waals surface area contributed by atoms with Gasteiger partial charge in [0, 0.05) is 12.6 Å². The van der Waals surface area contributed by atoms with Gasteiger partial charge in [-0.25, -0.2) is 0 Å². The Morgan fingerprint density at radius 2 is 2.00 bits per heavy atom. The molecule has 12 heavy (non-hydrogen) atoms. The number of benzene rings is 1. The van der Waals surface area contributed by atoms with Crippen LogP contribution in [0, 0.1) is 0 Å². The van der Waals surface area contributed by atoms with E-state index in [1.165, 1.54) is 18.2 Å². The highest BCUT2D eigenvalue weighted by Crippen LogP contribution is 2.26. The van der Waals surface area contributed by atoms with Crippen LogP contribution in [0.1, 0.15) is 0 Å². The van der Waals surface area contributed by atoms with E-state index in [9.17, 15) is 5.11 Å². The molecule has 4 N–H and O–H groups in total. The van der Waals surface area contributed by atoms with Gasteiger partial charge >= 0.3 is 0 Å². The Bertz CT molecular complexity index is 262. The normalized spacial score (nSPS) is 9.75. The maximum Gasteiger partial charge on any atom is 0.138 e. The van der Waals surface area contributed by atoms with Crippen LogP contribution in [0.2, 0.25) is 0 Å². The van der Waals surface area contributed by atoms with Gasteiger partial charge in [0.05, 0.1) is 12.3 Å². The first kappa shape index (κ1) is 8.67. The summed E-state index contributed by atoms with van der Waals surface area (Å²) in [6.07, 6.45) is 0. The van der Waals surface area contributed by atoms with Gasteiger partial charge in [0.25, 0.3) is 0 Å². The number of phenols is 2. The Balaban J connectivity index is 2.75.